The Bertz CT molecular complexity index is 458. The van der Waals surface area contributed by atoms with E-state index in [9.17, 15) is 0 Å². The van der Waals surface area contributed by atoms with Gasteiger partial charge in [0.1, 0.15) is 5.76 Å². The van der Waals surface area contributed by atoms with E-state index in [4.69, 9.17) is 10.2 Å². The van der Waals surface area contributed by atoms with E-state index in [0.717, 1.165) is 29.9 Å². The number of nitrogen functional groups attached to an aromatic ring is 1. The second-order valence-electron chi connectivity index (χ2n) is 3.08. The molecule has 3 nitrogen and oxygen atoms in total. The number of nitrogens with two attached hydrogens (primary N) is 1. The van der Waals surface area contributed by atoms with Crippen LogP contribution in [0, 0.1) is 0 Å². The van der Waals surface area contributed by atoms with Crippen molar-refractivity contribution in [3.63, 3.8) is 0 Å². The van der Waals surface area contributed by atoms with E-state index < -0.39 is 0 Å². The number of furan rings is 1. The van der Waals surface area contributed by atoms with Crippen LogP contribution in [-0.2, 0) is 12.8 Å². The zero-order valence-corrected chi connectivity index (χ0v) is 7.73. The van der Waals surface area contributed by atoms with Crippen LogP contribution in [0.2, 0.25) is 0 Å². The fraction of sp³-hybridized carbons (Fsp3) is 0.222. The molecule has 1 aliphatic rings. The molecule has 0 saturated heterocycles. The molecule has 0 radical (unpaired) electrons. The van der Waals surface area contributed by atoms with Crippen LogP contribution >= 0.6 is 11.3 Å². The van der Waals surface area contributed by atoms with Crippen LogP contribution in [-0.4, -0.2) is 4.98 Å². The molecule has 2 heterocycles. The zero-order chi connectivity index (χ0) is 8.84. The summed E-state index contributed by atoms with van der Waals surface area (Å²) in [5.41, 5.74) is 7.81. The first-order chi connectivity index (χ1) is 6.34. The molecular weight excluding hydrogens is 184 g/mol. The average molecular weight is 192 g/mol. The maximum absolute atomic E-state index is 5.66. The Morgan fingerprint density at radius 2 is 2.38 bits per heavy atom. The van der Waals surface area contributed by atoms with Crippen molar-refractivity contribution in [2.24, 2.45) is 0 Å². The molecule has 2 aromatic heterocycles. The Morgan fingerprint density at radius 3 is 3.31 bits per heavy atom. The summed E-state index contributed by atoms with van der Waals surface area (Å²) < 4.78 is 5.35. The molecule has 0 aliphatic heterocycles. The topological polar surface area (TPSA) is 52.0 Å². The summed E-state index contributed by atoms with van der Waals surface area (Å²) in [5.74, 6) is 1.04. The van der Waals surface area contributed by atoms with Crippen molar-refractivity contribution < 1.29 is 4.42 Å². The van der Waals surface area contributed by atoms with Crippen LogP contribution in [0.1, 0.15) is 10.6 Å². The second-order valence-corrected chi connectivity index (χ2v) is 4.20. The molecule has 0 unspecified atom stereocenters. The van der Waals surface area contributed by atoms with Gasteiger partial charge in [-0.3, -0.25) is 0 Å². The molecule has 0 aromatic carbocycles. The second kappa shape index (κ2) is 2.35. The predicted octanol–water partition coefficient (Wildman–Crippen LogP) is 2.08. The van der Waals surface area contributed by atoms with Crippen molar-refractivity contribution in [1.29, 1.82) is 0 Å². The maximum Gasteiger partial charge on any atom is 0.180 e. The molecule has 2 aromatic rings. The van der Waals surface area contributed by atoms with E-state index in [1.54, 1.807) is 17.6 Å². The van der Waals surface area contributed by atoms with Gasteiger partial charge in [0, 0.05) is 16.9 Å². The Balaban J connectivity index is 2.29. The number of thiazole rings is 1. The monoisotopic (exact) mass is 192 g/mol. The minimum absolute atomic E-state index is 0.652. The molecule has 66 valence electrons. The maximum atomic E-state index is 5.66. The van der Waals surface area contributed by atoms with Crippen LogP contribution in [0.4, 0.5) is 5.13 Å². The average Bonchev–Trinajstić information content (AvgIpc) is 2.65. The van der Waals surface area contributed by atoms with E-state index in [-0.39, 0.29) is 0 Å². The van der Waals surface area contributed by atoms with Gasteiger partial charge in [0.2, 0.25) is 0 Å². The molecule has 0 fully saturated rings. The largest absolute Gasteiger partial charge is 0.469 e. The van der Waals surface area contributed by atoms with Crippen LogP contribution in [0.15, 0.2) is 16.7 Å². The van der Waals surface area contributed by atoms with Crippen LogP contribution in [0.25, 0.3) is 11.3 Å². The molecule has 1 aliphatic carbocycles. The van der Waals surface area contributed by atoms with E-state index >= 15 is 0 Å². The third-order valence-corrected chi connectivity index (χ3v) is 3.24. The van der Waals surface area contributed by atoms with E-state index in [1.807, 2.05) is 6.07 Å². The minimum Gasteiger partial charge on any atom is -0.469 e. The van der Waals surface area contributed by atoms with Crippen molar-refractivity contribution in [3.8, 4) is 11.3 Å². The number of hydrogen-bond acceptors (Lipinski definition) is 4. The van der Waals surface area contributed by atoms with Gasteiger partial charge in [0.15, 0.2) is 5.13 Å². The van der Waals surface area contributed by atoms with Crippen LogP contribution in [0.5, 0.6) is 0 Å². The summed E-state index contributed by atoms with van der Waals surface area (Å²) in [7, 11) is 0. The third kappa shape index (κ3) is 0.920. The van der Waals surface area contributed by atoms with Gasteiger partial charge in [-0.05, 0) is 12.5 Å². The Morgan fingerprint density at radius 1 is 1.46 bits per heavy atom. The number of hydrogen-bond donors (Lipinski definition) is 1. The quantitative estimate of drug-likeness (QED) is 0.695. The number of anilines is 1. The molecule has 0 saturated carbocycles. The highest BCUT2D eigenvalue weighted by molar-refractivity contribution is 7.15. The third-order valence-electron chi connectivity index (χ3n) is 2.29. The summed E-state index contributed by atoms with van der Waals surface area (Å²) in [6.07, 6.45) is 3.69. The standard InChI is InChI=1S/C9H8N2OS/c10-9-11-8-5-3-4-12-6(5)1-2-7(8)13-9/h3-4H,1-2H2,(H2,10,11). The van der Waals surface area contributed by atoms with Gasteiger partial charge in [-0.25, -0.2) is 4.98 Å². The first-order valence-electron chi connectivity index (χ1n) is 4.16. The normalized spacial score (nSPS) is 13.8. The lowest BCUT2D eigenvalue weighted by atomic mass is 10.0. The SMILES string of the molecule is Nc1nc2c(s1)CCc1occc1-2. The lowest BCUT2D eigenvalue weighted by Crippen LogP contribution is -1.98. The molecule has 0 amide bonds. The molecule has 3 rings (SSSR count). The van der Waals surface area contributed by atoms with Crippen LogP contribution in [0.3, 0.4) is 0 Å². The van der Waals surface area contributed by atoms with E-state index in [0.29, 0.717) is 5.13 Å². The number of aryl methyl sites for hydroxylation is 2. The fourth-order valence-corrected chi connectivity index (χ4v) is 2.57. The van der Waals surface area contributed by atoms with Gasteiger partial charge >= 0.3 is 0 Å². The lowest BCUT2D eigenvalue weighted by molar-refractivity contribution is 0.508. The van der Waals surface area contributed by atoms with Crippen molar-refractivity contribution in [2.45, 2.75) is 12.8 Å². The molecule has 0 bridgehead atoms. The number of fused-ring (bicyclic) bond motifs is 3. The summed E-state index contributed by atoms with van der Waals surface area (Å²) in [4.78, 5) is 5.58. The first kappa shape index (κ1) is 7.15. The van der Waals surface area contributed by atoms with E-state index in [2.05, 4.69) is 4.98 Å². The smallest absolute Gasteiger partial charge is 0.180 e. The Hall–Kier alpha value is -1.29. The van der Waals surface area contributed by atoms with Crippen molar-refractivity contribution in [1.82, 2.24) is 4.98 Å². The first-order valence-corrected chi connectivity index (χ1v) is 4.98. The van der Waals surface area contributed by atoms with Crippen molar-refractivity contribution in [3.05, 3.63) is 23.0 Å². The zero-order valence-electron chi connectivity index (χ0n) is 6.91. The highest BCUT2D eigenvalue weighted by Crippen LogP contribution is 2.37. The minimum atomic E-state index is 0.652. The highest BCUT2D eigenvalue weighted by atomic mass is 32.1. The molecule has 4 heteroatoms. The van der Waals surface area contributed by atoms with Gasteiger partial charge in [-0.1, -0.05) is 0 Å². The molecule has 2 N–H and O–H groups in total. The van der Waals surface area contributed by atoms with Gasteiger partial charge in [-0.2, -0.15) is 0 Å². The van der Waals surface area contributed by atoms with Crippen LogP contribution < -0.4 is 5.73 Å². The van der Waals surface area contributed by atoms with E-state index in [1.165, 1.54) is 4.88 Å². The van der Waals surface area contributed by atoms with Gasteiger partial charge in [-0.15, -0.1) is 11.3 Å². The summed E-state index contributed by atoms with van der Waals surface area (Å²) >= 11 is 1.58. The number of nitrogens with zero attached hydrogens (tertiary/aromatic N) is 1. The molecule has 13 heavy (non-hydrogen) atoms. The molecular formula is C9H8N2OS. The molecule has 0 spiro atoms. The number of aromatic nitrogens is 1. The Kier molecular flexibility index (Phi) is 1.29. The molecule has 0 atom stereocenters. The summed E-state index contributed by atoms with van der Waals surface area (Å²) in [6, 6.07) is 1.96. The summed E-state index contributed by atoms with van der Waals surface area (Å²) in [6.45, 7) is 0. The highest BCUT2D eigenvalue weighted by Gasteiger charge is 2.21. The van der Waals surface area contributed by atoms with Gasteiger partial charge < -0.3 is 10.2 Å². The predicted molar refractivity (Wildman–Crippen MR) is 51.6 cm³/mol. The Labute approximate surface area is 79.2 Å². The van der Waals surface area contributed by atoms with Crippen molar-refractivity contribution in [2.75, 3.05) is 5.73 Å². The lowest BCUT2D eigenvalue weighted by Gasteiger charge is -2.07. The summed E-state index contributed by atoms with van der Waals surface area (Å²) in [5, 5.41) is 0.652. The van der Waals surface area contributed by atoms with Gasteiger partial charge in [0.25, 0.3) is 0 Å². The van der Waals surface area contributed by atoms with Crippen molar-refractivity contribution >= 4 is 16.5 Å². The van der Waals surface area contributed by atoms with Gasteiger partial charge in [0.05, 0.1) is 12.0 Å². The fourth-order valence-electron chi connectivity index (χ4n) is 1.72. The number of rotatable bonds is 0.